The van der Waals surface area contributed by atoms with Crippen LogP contribution in [0.2, 0.25) is 0 Å². The Balaban J connectivity index is 1.47. The number of carbonyl (C=O) groups is 1. The van der Waals surface area contributed by atoms with Gasteiger partial charge in [0.2, 0.25) is 0 Å². The van der Waals surface area contributed by atoms with Crippen molar-refractivity contribution in [3.8, 4) is 0 Å². The molecule has 0 radical (unpaired) electrons. The third kappa shape index (κ3) is 3.82. The van der Waals surface area contributed by atoms with Crippen LogP contribution in [0.15, 0.2) is 30.5 Å². The van der Waals surface area contributed by atoms with E-state index in [0.717, 1.165) is 67.8 Å². The number of hydrogen-bond donors (Lipinski definition) is 1. The molecule has 1 unspecified atom stereocenters. The number of fused-ring (bicyclic) bond motifs is 1. The van der Waals surface area contributed by atoms with Crippen molar-refractivity contribution in [3.63, 3.8) is 0 Å². The third-order valence-electron chi connectivity index (χ3n) is 6.77. The maximum atomic E-state index is 13.3. The summed E-state index contributed by atoms with van der Waals surface area (Å²) in [6.45, 7) is 4.75. The zero-order valence-corrected chi connectivity index (χ0v) is 18.3. The molecule has 3 atom stereocenters. The van der Waals surface area contributed by atoms with Crippen molar-refractivity contribution in [1.29, 1.82) is 0 Å². The SMILES string of the molecule is Cc1cccc(C(=O)N2CCCC[C@H]2c2cn3nc(C4CC[C@H](N)C4)c(C)cc3n2)n1. The van der Waals surface area contributed by atoms with Crippen LogP contribution in [0.5, 0.6) is 0 Å². The number of nitrogens with zero attached hydrogens (tertiary/aromatic N) is 5. The monoisotopic (exact) mass is 418 g/mol. The fraction of sp³-hybridized carbons (Fsp3) is 0.500. The highest BCUT2D eigenvalue weighted by molar-refractivity contribution is 5.92. The first kappa shape index (κ1) is 20.1. The Bertz CT molecular complexity index is 1120. The minimum atomic E-state index is -0.0473. The van der Waals surface area contributed by atoms with Crippen molar-refractivity contribution < 1.29 is 4.79 Å². The zero-order chi connectivity index (χ0) is 21.5. The second kappa shape index (κ2) is 8.04. The highest BCUT2D eigenvalue weighted by Gasteiger charge is 2.32. The van der Waals surface area contributed by atoms with E-state index in [4.69, 9.17) is 15.8 Å². The molecule has 1 amide bonds. The predicted octanol–water partition coefficient (Wildman–Crippen LogP) is 3.70. The van der Waals surface area contributed by atoms with E-state index in [-0.39, 0.29) is 18.0 Å². The number of pyridine rings is 1. The molecule has 0 bridgehead atoms. The molecular weight excluding hydrogens is 388 g/mol. The highest BCUT2D eigenvalue weighted by Crippen LogP contribution is 2.35. The molecule has 5 rings (SSSR count). The Kier molecular flexibility index (Phi) is 5.22. The van der Waals surface area contributed by atoms with Gasteiger partial charge in [0.1, 0.15) is 5.69 Å². The van der Waals surface area contributed by atoms with E-state index in [9.17, 15) is 4.79 Å². The molecule has 1 saturated heterocycles. The molecule has 162 valence electrons. The topological polar surface area (TPSA) is 89.4 Å². The Morgan fingerprint density at radius 3 is 2.77 bits per heavy atom. The second-order valence-corrected chi connectivity index (χ2v) is 9.13. The van der Waals surface area contributed by atoms with Crippen LogP contribution in [0.25, 0.3) is 5.65 Å². The number of imidazole rings is 1. The summed E-state index contributed by atoms with van der Waals surface area (Å²) < 4.78 is 1.89. The van der Waals surface area contributed by atoms with Gasteiger partial charge in [-0.05, 0) is 76.1 Å². The number of amides is 1. The van der Waals surface area contributed by atoms with Gasteiger partial charge in [-0.3, -0.25) is 4.79 Å². The molecule has 1 aliphatic heterocycles. The molecule has 3 aromatic heterocycles. The molecule has 31 heavy (non-hydrogen) atoms. The molecule has 1 aliphatic carbocycles. The van der Waals surface area contributed by atoms with E-state index in [2.05, 4.69) is 18.0 Å². The Morgan fingerprint density at radius 2 is 2.00 bits per heavy atom. The number of piperidine rings is 1. The summed E-state index contributed by atoms with van der Waals surface area (Å²) >= 11 is 0. The van der Waals surface area contributed by atoms with Gasteiger partial charge in [0, 0.05) is 24.2 Å². The van der Waals surface area contributed by atoms with E-state index < -0.39 is 0 Å². The van der Waals surface area contributed by atoms with E-state index in [0.29, 0.717) is 11.6 Å². The Hall–Kier alpha value is -2.80. The molecule has 2 aliphatic rings. The van der Waals surface area contributed by atoms with Crippen molar-refractivity contribution in [2.75, 3.05) is 6.54 Å². The van der Waals surface area contributed by atoms with E-state index >= 15 is 0 Å². The number of aryl methyl sites for hydroxylation is 2. The summed E-state index contributed by atoms with van der Waals surface area (Å²) in [5.74, 6) is 0.403. The van der Waals surface area contributed by atoms with Gasteiger partial charge in [-0.1, -0.05) is 6.07 Å². The number of carbonyl (C=O) groups excluding carboxylic acids is 1. The fourth-order valence-electron chi connectivity index (χ4n) is 5.17. The summed E-state index contributed by atoms with van der Waals surface area (Å²) in [7, 11) is 0. The molecular formula is C24H30N6O. The van der Waals surface area contributed by atoms with Crippen LogP contribution in [-0.4, -0.2) is 43.0 Å². The van der Waals surface area contributed by atoms with Crippen LogP contribution in [0, 0.1) is 13.8 Å². The molecule has 4 heterocycles. The van der Waals surface area contributed by atoms with Gasteiger partial charge in [0.15, 0.2) is 5.65 Å². The second-order valence-electron chi connectivity index (χ2n) is 9.13. The largest absolute Gasteiger partial charge is 0.329 e. The van der Waals surface area contributed by atoms with Crippen molar-refractivity contribution >= 4 is 11.6 Å². The maximum Gasteiger partial charge on any atom is 0.273 e. The average Bonchev–Trinajstić information content (AvgIpc) is 3.38. The van der Waals surface area contributed by atoms with Crippen LogP contribution in [0.3, 0.4) is 0 Å². The summed E-state index contributed by atoms with van der Waals surface area (Å²) in [6.07, 6.45) is 8.15. The standard InChI is InChI=1S/C24H30N6O/c1-15-12-22-27-20(14-30(22)28-23(15)17-9-10-18(25)13-17)21-8-3-4-11-29(21)24(31)19-7-5-6-16(2)26-19/h5-7,12,14,17-18,21H,3-4,8-11,13,25H2,1-2H3/t17?,18-,21-/m0/s1. The van der Waals surface area contributed by atoms with Gasteiger partial charge in [0.25, 0.3) is 5.91 Å². The number of rotatable bonds is 3. The quantitative estimate of drug-likeness (QED) is 0.700. The van der Waals surface area contributed by atoms with Crippen molar-refractivity contribution in [3.05, 3.63) is 58.8 Å². The molecule has 7 nitrogen and oxygen atoms in total. The number of likely N-dealkylation sites (tertiary alicyclic amines) is 1. The van der Waals surface area contributed by atoms with Crippen LogP contribution in [-0.2, 0) is 0 Å². The summed E-state index contributed by atoms with van der Waals surface area (Å²) in [6, 6.07) is 7.95. The first-order valence-corrected chi connectivity index (χ1v) is 11.4. The van der Waals surface area contributed by atoms with Crippen molar-refractivity contribution in [1.82, 2.24) is 24.5 Å². The lowest BCUT2D eigenvalue weighted by Gasteiger charge is -2.34. The lowest BCUT2D eigenvalue weighted by atomic mass is 9.99. The fourth-order valence-corrected chi connectivity index (χ4v) is 5.17. The molecule has 2 N–H and O–H groups in total. The molecule has 0 aromatic carbocycles. The molecule has 3 aromatic rings. The maximum absolute atomic E-state index is 13.3. The highest BCUT2D eigenvalue weighted by atomic mass is 16.2. The van der Waals surface area contributed by atoms with Crippen LogP contribution >= 0.6 is 0 Å². The van der Waals surface area contributed by atoms with Gasteiger partial charge in [-0.15, -0.1) is 0 Å². The summed E-state index contributed by atoms with van der Waals surface area (Å²) in [5, 5.41) is 4.93. The zero-order valence-electron chi connectivity index (χ0n) is 18.3. The van der Waals surface area contributed by atoms with E-state index in [1.54, 1.807) is 6.07 Å². The average molecular weight is 419 g/mol. The number of aromatic nitrogens is 4. The lowest BCUT2D eigenvalue weighted by Crippen LogP contribution is -2.39. The van der Waals surface area contributed by atoms with Crippen molar-refractivity contribution in [2.24, 2.45) is 5.73 Å². The van der Waals surface area contributed by atoms with Gasteiger partial charge >= 0.3 is 0 Å². The van der Waals surface area contributed by atoms with Gasteiger partial charge < -0.3 is 10.6 Å². The van der Waals surface area contributed by atoms with Gasteiger partial charge in [-0.2, -0.15) is 5.10 Å². The van der Waals surface area contributed by atoms with Gasteiger partial charge in [-0.25, -0.2) is 14.5 Å². The predicted molar refractivity (Wildman–Crippen MR) is 119 cm³/mol. The first-order valence-electron chi connectivity index (χ1n) is 11.4. The summed E-state index contributed by atoms with van der Waals surface area (Å²) in [5.41, 5.74) is 11.5. The molecule has 0 spiro atoms. The Labute approximate surface area is 182 Å². The molecule has 1 saturated carbocycles. The van der Waals surface area contributed by atoms with E-state index in [1.165, 1.54) is 5.56 Å². The summed E-state index contributed by atoms with van der Waals surface area (Å²) in [4.78, 5) is 24.5. The first-order chi connectivity index (χ1) is 15.0. The lowest BCUT2D eigenvalue weighted by molar-refractivity contribution is 0.0600. The minimum absolute atomic E-state index is 0.0183. The smallest absolute Gasteiger partial charge is 0.273 e. The van der Waals surface area contributed by atoms with Crippen LogP contribution < -0.4 is 5.73 Å². The van der Waals surface area contributed by atoms with Gasteiger partial charge in [0.05, 0.1) is 23.6 Å². The Morgan fingerprint density at radius 1 is 1.13 bits per heavy atom. The van der Waals surface area contributed by atoms with Crippen LogP contribution in [0.1, 0.15) is 83.6 Å². The normalized spacial score (nSPS) is 24.1. The van der Waals surface area contributed by atoms with E-state index in [1.807, 2.05) is 34.7 Å². The number of hydrogen-bond acceptors (Lipinski definition) is 5. The van der Waals surface area contributed by atoms with Crippen LogP contribution in [0.4, 0.5) is 0 Å². The number of nitrogens with two attached hydrogens (primary N) is 1. The molecule has 7 heteroatoms. The third-order valence-corrected chi connectivity index (χ3v) is 6.77. The minimum Gasteiger partial charge on any atom is -0.329 e. The molecule has 2 fully saturated rings. The van der Waals surface area contributed by atoms with Crippen molar-refractivity contribution in [2.45, 2.75) is 70.4 Å².